The van der Waals surface area contributed by atoms with Crippen LogP contribution in [0.15, 0.2) is 47.4 Å². The molecule has 0 amide bonds. The van der Waals surface area contributed by atoms with E-state index in [1.54, 1.807) is 24.3 Å². The summed E-state index contributed by atoms with van der Waals surface area (Å²) in [5.74, 6) is 0.792. The van der Waals surface area contributed by atoms with E-state index in [0.29, 0.717) is 4.90 Å². The van der Waals surface area contributed by atoms with Crippen LogP contribution in [-0.2, 0) is 9.84 Å². The molecular formula is C17H16N2O2S2. The molecule has 118 valence electrons. The summed E-state index contributed by atoms with van der Waals surface area (Å²) in [4.78, 5) is 8.98. The van der Waals surface area contributed by atoms with Gasteiger partial charge in [0.15, 0.2) is 9.84 Å². The van der Waals surface area contributed by atoms with Gasteiger partial charge in [0.25, 0.3) is 0 Å². The molecule has 23 heavy (non-hydrogen) atoms. The standard InChI is InChI=1S/C17H16N2O2S2/c1-11-18-16(12-7-9-13(10-8-12)23(2,20)21)17(19-11)14-5-3-4-6-15(14)22/h3-5,7-10H,6H2,1-2H3,(H,18,19). The highest BCUT2D eigenvalue weighted by Crippen LogP contribution is 2.30. The SMILES string of the molecule is Cc1nc(-c2ccc(S(C)(=O)=O)cc2)c(C2=CC=CCC2=S)[nH]1. The molecule has 1 aromatic heterocycles. The maximum absolute atomic E-state index is 11.6. The Morgan fingerprint density at radius 3 is 2.52 bits per heavy atom. The molecule has 0 atom stereocenters. The largest absolute Gasteiger partial charge is 0.342 e. The fraction of sp³-hybridized carbons (Fsp3) is 0.176. The first-order valence-corrected chi connectivity index (χ1v) is 9.44. The summed E-state index contributed by atoms with van der Waals surface area (Å²) in [6.07, 6.45) is 7.93. The highest BCUT2D eigenvalue weighted by Gasteiger charge is 2.18. The summed E-state index contributed by atoms with van der Waals surface area (Å²) >= 11 is 5.45. The first kappa shape index (κ1) is 15.8. The number of aromatic nitrogens is 2. The predicted octanol–water partition coefficient (Wildman–Crippen LogP) is 3.50. The van der Waals surface area contributed by atoms with E-state index in [1.165, 1.54) is 6.26 Å². The van der Waals surface area contributed by atoms with Crippen LogP contribution in [0, 0.1) is 6.92 Å². The number of rotatable bonds is 3. The fourth-order valence-electron chi connectivity index (χ4n) is 2.52. The van der Waals surface area contributed by atoms with Gasteiger partial charge in [0.05, 0.1) is 16.3 Å². The highest BCUT2D eigenvalue weighted by atomic mass is 32.2. The zero-order valence-electron chi connectivity index (χ0n) is 12.8. The molecule has 0 spiro atoms. The fourth-order valence-corrected chi connectivity index (χ4v) is 3.42. The minimum atomic E-state index is -3.21. The van der Waals surface area contributed by atoms with Gasteiger partial charge in [0, 0.05) is 28.7 Å². The smallest absolute Gasteiger partial charge is 0.175 e. The molecule has 2 aromatic rings. The average molecular weight is 344 g/mol. The van der Waals surface area contributed by atoms with E-state index in [2.05, 4.69) is 9.97 Å². The zero-order chi connectivity index (χ0) is 16.6. The first-order chi connectivity index (χ1) is 10.9. The van der Waals surface area contributed by atoms with Crippen molar-refractivity contribution >= 4 is 32.5 Å². The first-order valence-electron chi connectivity index (χ1n) is 7.14. The summed E-state index contributed by atoms with van der Waals surface area (Å²) in [6, 6.07) is 6.76. The third-order valence-electron chi connectivity index (χ3n) is 3.65. The second-order valence-corrected chi connectivity index (χ2v) is 7.99. The molecule has 0 unspecified atom stereocenters. The zero-order valence-corrected chi connectivity index (χ0v) is 14.5. The van der Waals surface area contributed by atoms with E-state index in [-0.39, 0.29) is 0 Å². The number of sulfone groups is 1. The topological polar surface area (TPSA) is 62.8 Å². The molecule has 0 saturated heterocycles. The lowest BCUT2D eigenvalue weighted by atomic mass is 9.98. The Kier molecular flexibility index (Phi) is 4.04. The maximum Gasteiger partial charge on any atom is 0.175 e. The average Bonchev–Trinajstić information content (AvgIpc) is 2.89. The summed E-state index contributed by atoms with van der Waals surface area (Å²) in [7, 11) is -3.21. The van der Waals surface area contributed by atoms with Crippen molar-refractivity contribution in [3.8, 4) is 11.3 Å². The van der Waals surface area contributed by atoms with Crippen LogP contribution in [-0.4, -0.2) is 29.5 Å². The Hall–Kier alpha value is -2.05. The van der Waals surface area contributed by atoms with E-state index in [0.717, 1.165) is 39.6 Å². The van der Waals surface area contributed by atoms with Crippen LogP contribution in [0.3, 0.4) is 0 Å². The number of H-pyrrole nitrogens is 1. The van der Waals surface area contributed by atoms with Gasteiger partial charge in [0.2, 0.25) is 0 Å². The minimum absolute atomic E-state index is 0.297. The van der Waals surface area contributed by atoms with Gasteiger partial charge < -0.3 is 4.98 Å². The van der Waals surface area contributed by atoms with Gasteiger partial charge in [-0.3, -0.25) is 0 Å². The maximum atomic E-state index is 11.6. The molecule has 0 radical (unpaired) electrons. The Morgan fingerprint density at radius 1 is 1.22 bits per heavy atom. The molecular weight excluding hydrogens is 328 g/mol. The number of thiocarbonyl (C=S) groups is 1. The third-order valence-corrected chi connectivity index (χ3v) is 5.17. The van der Waals surface area contributed by atoms with Crippen molar-refractivity contribution in [2.24, 2.45) is 0 Å². The summed E-state index contributed by atoms with van der Waals surface area (Å²) in [6.45, 7) is 1.89. The number of nitrogens with zero attached hydrogens (tertiary/aromatic N) is 1. The normalized spacial score (nSPS) is 14.9. The molecule has 0 saturated carbocycles. The Labute approximate surface area is 140 Å². The highest BCUT2D eigenvalue weighted by molar-refractivity contribution is 7.90. The van der Waals surface area contributed by atoms with E-state index in [4.69, 9.17) is 12.2 Å². The van der Waals surface area contributed by atoms with Crippen LogP contribution in [0.5, 0.6) is 0 Å². The number of aryl methyl sites for hydroxylation is 1. The second kappa shape index (κ2) is 5.86. The molecule has 0 aliphatic heterocycles. The van der Waals surface area contributed by atoms with Crippen LogP contribution >= 0.6 is 12.2 Å². The van der Waals surface area contributed by atoms with E-state index >= 15 is 0 Å². The molecule has 1 N–H and O–H groups in total. The van der Waals surface area contributed by atoms with Crippen LogP contribution in [0.2, 0.25) is 0 Å². The summed E-state index contributed by atoms with van der Waals surface area (Å²) in [5, 5.41) is 0. The van der Waals surface area contributed by atoms with Crippen LogP contribution < -0.4 is 0 Å². The van der Waals surface area contributed by atoms with Crippen molar-refractivity contribution in [2.45, 2.75) is 18.2 Å². The predicted molar refractivity (Wildman–Crippen MR) is 96.2 cm³/mol. The molecule has 0 fully saturated rings. The Balaban J connectivity index is 2.09. The molecule has 4 nitrogen and oxygen atoms in total. The lowest BCUT2D eigenvalue weighted by molar-refractivity contribution is 0.602. The summed E-state index contributed by atoms with van der Waals surface area (Å²) < 4.78 is 23.2. The van der Waals surface area contributed by atoms with Gasteiger partial charge in [-0.15, -0.1) is 0 Å². The number of nitrogens with one attached hydrogen (secondary N) is 1. The van der Waals surface area contributed by atoms with Crippen molar-refractivity contribution < 1.29 is 8.42 Å². The van der Waals surface area contributed by atoms with Crippen molar-refractivity contribution in [3.05, 3.63) is 54.0 Å². The molecule has 3 rings (SSSR count). The number of imidazole rings is 1. The van der Waals surface area contributed by atoms with Crippen molar-refractivity contribution in [1.82, 2.24) is 9.97 Å². The van der Waals surface area contributed by atoms with Crippen molar-refractivity contribution in [1.29, 1.82) is 0 Å². The summed E-state index contributed by atoms with van der Waals surface area (Å²) in [5.41, 5.74) is 3.48. The van der Waals surface area contributed by atoms with Crippen molar-refractivity contribution in [2.75, 3.05) is 6.26 Å². The van der Waals surface area contributed by atoms with Gasteiger partial charge in [-0.25, -0.2) is 13.4 Å². The lowest BCUT2D eigenvalue weighted by Crippen LogP contribution is -2.02. The van der Waals surface area contributed by atoms with Gasteiger partial charge in [-0.1, -0.05) is 42.6 Å². The quantitative estimate of drug-likeness (QED) is 0.866. The van der Waals surface area contributed by atoms with Crippen LogP contribution in [0.4, 0.5) is 0 Å². The number of hydrogen-bond acceptors (Lipinski definition) is 4. The van der Waals surface area contributed by atoms with E-state index in [9.17, 15) is 8.42 Å². The number of aromatic amines is 1. The Bertz CT molecular complexity index is 933. The second-order valence-electron chi connectivity index (χ2n) is 5.48. The molecule has 1 heterocycles. The third kappa shape index (κ3) is 3.18. The lowest BCUT2D eigenvalue weighted by Gasteiger charge is -2.11. The number of allylic oxidation sites excluding steroid dienone is 4. The van der Waals surface area contributed by atoms with Gasteiger partial charge in [-0.2, -0.15) is 0 Å². The molecule has 1 aromatic carbocycles. The number of hydrogen-bond donors (Lipinski definition) is 1. The van der Waals surface area contributed by atoms with Crippen LogP contribution in [0.1, 0.15) is 17.9 Å². The number of benzene rings is 1. The van der Waals surface area contributed by atoms with Gasteiger partial charge >= 0.3 is 0 Å². The molecule has 6 heteroatoms. The Morgan fingerprint density at radius 2 is 1.91 bits per heavy atom. The van der Waals surface area contributed by atoms with Crippen molar-refractivity contribution in [3.63, 3.8) is 0 Å². The minimum Gasteiger partial charge on any atom is -0.342 e. The molecule has 1 aliphatic carbocycles. The monoisotopic (exact) mass is 344 g/mol. The molecule has 1 aliphatic rings. The van der Waals surface area contributed by atoms with E-state index in [1.807, 2.05) is 25.2 Å². The van der Waals surface area contributed by atoms with Gasteiger partial charge in [0.1, 0.15) is 5.82 Å². The van der Waals surface area contributed by atoms with Crippen LogP contribution in [0.25, 0.3) is 16.8 Å². The molecule has 0 bridgehead atoms. The van der Waals surface area contributed by atoms with Gasteiger partial charge in [-0.05, 0) is 19.1 Å². The van der Waals surface area contributed by atoms with E-state index < -0.39 is 9.84 Å².